The molecule has 2 N–H and O–H groups in total. The third-order valence-electron chi connectivity index (χ3n) is 2.26. The Morgan fingerprint density at radius 1 is 1.41 bits per heavy atom. The molecule has 0 atom stereocenters. The molecule has 1 aromatic heterocycles. The fourth-order valence-electron chi connectivity index (χ4n) is 1.18. The highest BCUT2D eigenvalue weighted by Gasteiger charge is 2.12. The Labute approximate surface area is 102 Å². The molecule has 7 heteroatoms. The molecule has 0 aliphatic rings. The van der Waals surface area contributed by atoms with Gasteiger partial charge in [0.25, 0.3) is 0 Å². The van der Waals surface area contributed by atoms with Gasteiger partial charge >= 0.3 is 0 Å². The van der Waals surface area contributed by atoms with E-state index in [-0.39, 0.29) is 5.75 Å². The SMILES string of the molecule is CNc1cc(NCCS(=O)(=O)N(C)C)ccn1. The van der Waals surface area contributed by atoms with Crippen molar-refractivity contribution in [2.75, 3.05) is 44.1 Å². The zero-order valence-corrected chi connectivity index (χ0v) is 11.1. The highest BCUT2D eigenvalue weighted by Crippen LogP contribution is 2.10. The lowest BCUT2D eigenvalue weighted by molar-refractivity contribution is 0.521. The summed E-state index contributed by atoms with van der Waals surface area (Å²) in [5.74, 6) is 0.808. The van der Waals surface area contributed by atoms with Gasteiger partial charge in [-0.3, -0.25) is 0 Å². The first-order valence-electron chi connectivity index (χ1n) is 5.23. The molecule has 0 bridgehead atoms. The zero-order chi connectivity index (χ0) is 12.9. The summed E-state index contributed by atoms with van der Waals surface area (Å²) in [4.78, 5) is 4.07. The van der Waals surface area contributed by atoms with Crippen molar-refractivity contribution in [2.24, 2.45) is 0 Å². The van der Waals surface area contributed by atoms with E-state index in [4.69, 9.17) is 0 Å². The minimum atomic E-state index is -3.14. The van der Waals surface area contributed by atoms with Crippen LogP contribution in [0.3, 0.4) is 0 Å². The smallest absolute Gasteiger partial charge is 0.215 e. The van der Waals surface area contributed by atoms with E-state index in [1.807, 2.05) is 6.07 Å². The molecule has 17 heavy (non-hydrogen) atoms. The molecule has 1 heterocycles. The molecule has 0 aliphatic heterocycles. The van der Waals surface area contributed by atoms with Crippen molar-refractivity contribution in [1.82, 2.24) is 9.29 Å². The first-order valence-corrected chi connectivity index (χ1v) is 6.84. The zero-order valence-electron chi connectivity index (χ0n) is 10.3. The monoisotopic (exact) mass is 258 g/mol. The summed E-state index contributed by atoms with van der Waals surface area (Å²) in [6.07, 6.45) is 1.66. The van der Waals surface area contributed by atoms with Gasteiger partial charge in [0.2, 0.25) is 10.0 Å². The normalized spacial score (nSPS) is 11.5. The molecule has 0 saturated heterocycles. The summed E-state index contributed by atoms with van der Waals surface area (Å²) >= 11 is 0. The summed E-state index contributed by atoms with van der Waals surface area (Å²) in [7, 11) is 1.69. The standard InChI is InChI=1S/C10H18N4O2S/c1-11-10-8-9(4-5-13-10)12-6-7-17(15,16)14(2)3/h4-5,8H,6-7H2,1-3H3,(H2,11,12,13). The molecule has 0 amide bonds. The van der Waals surface area contributed by atoms with Crippen LogP contribution in [-0.2, 0) is 10.0 Å². The number of hydrogen-bond donors (Lipinski definition) is 2. The van der Waals surface area contributed by atoms with Crippen molar-refractivity contribution in [3.8, 4) is 0 Å². The average Bonchev–Trinajstić information content (AvgIpc) is 2.29. The molecule has 0 unspecified atom stereocenters. The van der Waals surface area contributed by atoms with Crippen LogP contribution in [0.15, 0.2) is 18.3 Å². The first-order chi connectivity index (χ1) is 7.95. The van der Waals surface area contributed by atoms with Crippen LogP contribution in [0.2, 0.25) is 0 Å². The Morgan fingerprint density at radius 3 is 2.71 bits per heavy atom. The first kappa shape index (κ1) is 13.7. The molecule has 0 aliphatic carbocycles. The lowest BCUT2D eigenvalue weighted by Crippen LogP contribution is -2.28. The number of anilines is 2. The van der Waals surface area contributed by atoms with E-state index < -0.39 is 10.0 Å². The fraction of sp³-hybridized carbons (Fsp3) is 0.500. The lowest BCUT2D eigenvalue weighted by Gasteiger charge is -2.12. The van der Waals surface area contributed by atoms with Gasteiger partial charge in [0, 0.05) is 45.6 Å². The second kappa shape index (κ2) is 5.83. The van der Waals surface area contributed by atoms with E-state index in [1.165, 1.54) is 18.4 Å². The van der Waals surface area contributed by atoms with Crippen molar-refractivity contribution in [2.45, 2.75) is 0 Å². The predicted molar refractivity (Wildman–Crippen MR) is 69.7 cm³/mol. The van der Waals surface area contributed by atoms with E-state index in [2.05, 4.69) is 15.6 Å². The van der Waals surface area contributed by atoms with Crippen LogP contribution >= 0.6 is 0 Å². The van der Waals surface area contributed by atoms with Crippen LogP contribution in [0.25, 0.3) is 0 Å². The van der Waals surface area contributed by atoms with E-state index in [0.29, 0.717) is 6.54 Å². The Bertz CT molecular complexity index is 459. The molecule has 96 valence electrons. The summed E-state index contributed by atoms with van der Waals surface area (Å²) in [6.45, 7) is 0.369. The molecule has 0 spiro atoms. The van der Waals surface area contributed by atoms with Crippen LogP contribution in [0.1, 0.15) is 0 Å². The molecule has 0 saturated carbocycles. The summed E-state index contributed by atoms with van der Waals surface area (Å²) in [6, 6.07) is 3.62. The molecule has 0 fully saturated rings. The Kier molecular flexibility index (Phi) is 4.71. The molecule has 6 nitrogen and oxygen atoms in total. The van der Waals surface area contributed by atoms with E-state index >= 15 is 0 Å². The number of aromatic nitrogens is 1. The van der Waals surface area contributed by atoms with Gasteiger partial charge in [-0.1, -0.05) is 0 Å². The Morgan fingerprint density at radius 2 is 2.12 bits per heavy atom. The largest absolute Gasteiger partial charge is 0.384 e. The van der Waals surface area contributed by atoms with E-state index in [9.17, 15) is 8.42 Å². The van der Waals surface area contributed by atoms with Gasteiger partial charge in [0.05, 0.1) is 5.75 Å². The summed E-state index contributed by atoms with van der Waals surface area (Å²) < 4.78 is 24.2. The van der Waals surface area contributed by atoms with Gasteiger partial charge in [-0.2, -0.15) is 0 Å². The molecule has 1 aromatic rings. The van der Waals surface area contributed by atoms with Crippen LogP contribution in [-0.4, -0.2) is 51.1 Å². The maximum atomic E-state index is 11.5. The van der Waals surface area contributed by atoms with Gasteiger partial charge in [0.1, 0.15) is 5.82 Å². The van der Waals surface area contributed by atoms with Gasteiger partial charge in [-0.15, -0.1) is 0 Å². The highest BCUT2D eigenvalue weighted by molar-refractivity contribution is 7.89. The molecule has 1 rings (SSSR count). The molecule has 0 aromatic carbocycles. The minimum Gasteiger partial charge on any atom is -0.384 e. The number of pyridine rings is 1. The van der Waals surface area contributed by atoms with Gasteiger partial charge in [-0.25, -0.2) is 17.7 Å². The maximum absolute atomic E-state index is 11.5. The predicted octanol–water partition coefficient (Wildman–Crippen LogP) is 0.427. The quantitative estimate of drug-likeness (QED) is 0.774. The molecular weight excluding hydrogens is 240 g/mol. The maximum Gasteiger partial charge on any atom is 0.215 e. The average molecular weight is 258 g/mol. The minimum absolute atomic E-state index is 0.0667. The summed E-state index contributed by atoms with van der Waals surface area (Å²) in [5, 5.41) is 5.96. The number of nitrogens with zero attached hydrogens (tertiary/aromatic N) is 2. The Hall–Kier alpha value is -1.34. The molecular formula is C10H18N4O2S. The summed E-state index contributed by atoms with van der Waals surface area (Å²) in [5.41, 5.74) is 0.846. The van der Waals surface area contributed by atoms with Crippen molar-refractivity contribution in [3.05, 3.63) is 18.3 Å². The lowest BCUT2D eigenvalue weighted by atomic mass is 10.4. The number of sulfonamides is 1. The van der Waals surface area contributed by atoms with Crippen molar-refractivity contribution in [1.29, 1.82) is 0 Å². The third-order valence-corrected chi connectivity index (χ3v) is 4.09. The van der Waals surface area contributed by atoms with E-state index in [0.717, 1.165) is 11.5 Å². The van der Waals surface area contributed by atoms with Crippen molar-refractivity contribution >= 4 is 21.5 Å². The second-order valence-corrected chi connectivity index (χ2v) is 6.01. The van der Waals surface area contributed by atoms with Crippen molar-refractivity contribution in [3.63, 3.8) is 0 Å². The second-order valence-electron chi connectivity index (χ2n) is 3.70. The van der Waals surface area contributed by atoms with Crippen LogP contribution in [0.5, 0.6) is 0 Å². The van der Waals surface area contributed by atoms with Crippen molar-refractivity contribution < 1.29 is 8.42 Å². The van der Waals surface area contributed by atoms with E-state index in [1.54, 1.807) is 19.3 Å². The van der Waals surface area contributed by atoms with Gasteiger partial charge in [0.15, 0.2) is 0 Å². The highest BCUT2D eigenvalue weighted by atomic mass is 32.2. The van der Waals surface area contributed by atoms with Crippen LogP contribution < -0.4 is 10.6 Å². The van der Waals surface area contributed by atoms with Gasteiger partial charge in [-0.05, 0) is 6.07 Å². The number of rotatable bonds is 6. The molecule has 0 radical (unpaired) electrons. The van der Waals surface area contributed by atoms with Gasteiger partial charge < -0.3 is 10.6 Å². The topological polar surface area (TPSA) is 74.3 Å². The third kappa shape index (κ3) is 4.20. The number of hydrogen-bond acceptors (Lipinski definition) is 5. The fourth-order valence-corrected chi connectivity index (χ4v) is 1.91. The van der Waals surface area contributed by atoms with Crippen LogP contribution in [0.4, 0.5) is 11.5 Å². The van der Waals surface area contributed by atoms with Crippen LogP contribution in [0, 0.1) is 0 Å². The number of nitrogens with one attached hydrogen (secondary N) is 2. The Balaban J connectivity index is 2.51.